The van der Waals surface area contributed by atoms with Gasteiger partial charge in [-0.1, -0.05) is 36.8 Å². The quantitative estimate of drug-likeness (QED) is 0.385. The predicted molar refractivity (Wildman–Crippen MR) is 131 cm³/mol. The number of hydrogen-bond donors (Lipinski definition) is 2. The van der Waals surface area contributed by atoms with Crippen LogP contribution in [0, 0.1) is 26.7 Å². The van der Waals surface area contributed by atoms with Gasteiger partial charge in [-0.25, -0.2) is 0 Å². The first-order chi connectivity index (χ1) is 15.5. The maximum absolute atomic E-state index is 13.3. The van der Waals surface area contributed by atoms with Crippen molar-refractivity contribution in [2.45, 2.75) is 46.0 Å². The summed E-state index contributed by atoms with van der Waals surface area (Å²) in [5, 5.41) is 4.33. The van der Waals surface area contributed by atoms with Crippen molar-refractivity contribution in [3.05, 3.63) is 83.3 Å². The molecule has 1 amide bonds. The van der Waals surface area contributed by atoms with E-state index in [4.69, 9.17) is 0 Å². The van der Waals surface area contributed by atoms with E-state index in [1.54, 1.807) is 0 Å². The molecule has 5 rings (SSSR count). The molecule has 0 bridgehead atoms. The minimum atomic E-state index is -0.0208. The van der Waals surface area contributed by atoms with Gasteiger partial charge in [0.15, 0.2) is 0 Å². The highest BCUT2D eigenvalue weighted by Crippen LogP contribution is 2.41. The summed E-state index contributed by atoms with van der Waals surface area (Å²) in [5.41, 5.74) is 8.89. The van der Waals surface area contributed by atoms with Gasteiger partial charge in [0.05, 0.1) is 0 Å². The van der Waals surface area contributed by atoms with E-state index in [0.717, 1.165) is 52.8 Å². The van der Waals surface area contributed by atoms with Crippen LogP contribution in [0.3, 0.4) is 0 Å². The number of hydrogen-bond acceptors (Lipinski definition) is 2. The van der Waals surface area contributed by atoms with Crippen LogP contribution >= 0.6 is 0 Å². The molecule has 1 fully saturated rings. The number of rotatable bonds is 4. The molecule has 4 heteroatoms. The Hall–Kier alpha value is -3.40. The molecule has 0 spiro atoms. The highest BCUT2D eigenvalue weighted by Gasteiger charge is 2.35. The van der Waals surface area contributed by atoms with Crippen LogP contribution in [-0.4, -0.2) is 15.9 Å². The average Bonchev–Trinajstić information content (AvgIpc) is 3.42. The van der Waals surface area contributed by atoms with Gasteiger partial charge in [0.25, 0.3) is 0 Å². The summed E-state index contributed by atoms with van der Waals surface area (Å²) in [6.45, 7) is 6.19. The van der Waals surface area contributed by atoms with Gasteiger partial charge < -0.3 is 10.3 Å². The average molecular weight is 424 g/mol. The van der Waals surface area contributed by atoms with E-state index in [-0.39, 0.29) is 17.7 Å². The van der Waals surface area contributed by atoms with Crippen LogP contribution in [0.25, 0.3) is 22.0 Å². The minimum absolute atomic E-state index is 0.0208. The fourth-order valence-corrected chi connectivity index (χ4v) is 5.09. The van der Waals surface area contributed by atoms with E-state index in [1.165, 1.54) is 16.7 Å². The molecule has 1 aliphatic carbocycles. The zero-order chi connectivity index (χ0) is 22.2. The van der Waals surface area contributed by atoms with E-state index in [2.05, 4.69) is 77.7 Å². The van der Waals surface area contributed by atoms with E-state index in [1.807, 2.05) is 19.2 Å². The molecule has 2 atom stereocenters. The van der Waals surface area contributed by atoms with Crippen LogP contribution < -0.4 is 5.32 Å². The molecule has 2 aromatic heterocycles. The molecule has 1 saturated carbocycles. The van der Waals surface area contributed by atoms with Gasteiger partial charge in [0.2, 0.25) is 5.91 Å². The molecule has 0 radical (unpaired) electrons. The van der Waals surface area contributed by atoms with Gasteiger partial charge in [-0.15, -0.1) is 0 Å². The lowest BCUT2D eigenvalue weighted by Gasteiger charge is -2.19. The Labute approximate surface area is 189 Å². The van der Waals surface area contributed by atoms with Gasteiger partial charge in [-0.3, -0.25) is 9.78 Å². The molecule has 162 valence electrons. The van der Waals surface area contributed by atoms with E-state index >= 15 is 0 Å². The number of pyridine rings is 1. The van der Waals surface area contributed by atoms with Crippen molar-refractivity contribution in [1.82, 2.24) is 9.97 Å². The highest BCUT2D eigenvalue weighted by atomic mass is 16.1. The number of nitrogens with zero attached hydrogens (tertiary/aromatic N) is 1. The molecule has 2 heterocycles. The summed E-state index contributed by atoms with van der Waals surface area (Å²) in [7, 11) is 0. The molecule has 4 aromatic rings. The number of H-pyrrole nitrogens is 1. The minimum Gasteiger partial charge on any atom is -0.358 e. The normalized spacial score (nSPS) is 18.2. The van der Waals surface area contributed by atoms with Crippen molar-refractivity contribution in [2.24, 2.45) is 5.92 Å². The predicted octanol–water partition coefficient (Wildman–Crippen LogP) is 6.68. The lowest BCUT2D eigenvalue weighted by atomic mass is 9.91. The van der Waals surface area contributed by atoms with Gasteiger partial charge in [-0.2, -0.15) is 0 Å². The maximum Gasteiger partial charge on any atom is 0.228 e. The zero-order valence-electron chi connectivity index (χ0n) is 18.9. The Balaban J connectivity index is 1.36. The third-order valence-electron chi connectivity index (χ3n) is 6.85. The fourth-order valence-electron chi connectivity index (χ4n) is 5.09. The van der Waals surface area contributed by atoms with Crippen LogP contribution in [0.1, 0.15) is 47.7 Å². The molecule has 0 aliphatic heterocycles. The smallest absolute Gasteiger partial charge is 0.228 e. The molecular weight excluding hydrogens is 394 g/mol. The number of anilines is 1. The summed E-state index contributed by atoms with van der Waals surface area (Å²) in [5.74, 6) is 0.314. The summed E-state index contributed by atoms with van der Waals surface area (Å²) < 4.78 is 0. The van der Waals surface area contributed by atoms with Gasteiger partial charge >= 0.3 is 0 Å². The van der Waals surface area contributed by atoms with E-state index in [9.17, 15) is 4.79 Å². The number of aryl methyl sites for hydroxylation is 3. The van der Waals surface area contributed by atoms with Gasteiger partial charge in [0, 0.05) is 46.0 Å². The molecule has 1 aliphatic rings. The number of carbonyl (C=O) groups is 1. The number of amides is 1. The molecule has 32 heavy (non-hydrogen) atoms. The number of aromatic nitrogens is 2. The van der Waals surface area contributed by atoms with Gasteiger partial charge in [-0.05, 0) is 80.1 Å². The second-order valence-electron chi connectivity index (χ2n) is 9.12. The SMILES string of the molecule is Cc1cc2[nH]c(C3CCCC3C(=O)Nc3ccc(-c4ccccc4C)cc3C)cc2cn1. The lowest BCUT2D eigenvalue weighted by molar-refractivity contribution is -0.120. The van der Waals surface area contributed by atoms with Crippen molar-refractivity contribution in [2.75, 3.05) is 5.32 Å². The van der Waals surface area contributed by atoms with Crippen molar-refractivity contribution < 1.29 is 4.79 Å². The van der Waals surface area contributed by atoms with E-state index in [0.29, 0.717) is 0 Å². The molecule has 2 unspecified atom stereocenters. The van der Waals surface area contributed by atoms with Gasteiger partial charge in [0.1, 0.15) is 0 Å². The van der Waals surface area contributed by atoms with Crippen LogP contribution in [0.5, 0.6) is 0 Å². The van der Waals surface area contributed by atoms with Crippen LogP contribution in [0.2, 0.25) is 0 Å². The monoisotopic (exact) mass is 423 g/mol. The largest absolute Gasteiger partial charge is 0.358 e. The van der Waals surface area contributed by atoms with Crippen LogP contribution in [-0.2, 0) is 4.79 Å². The first-order valence-corrected chi connectivity index (χ1v) is 11.4. The van der Waals surface area contributed by atoms with Crippen molar-refractivity contribution in [3.63, 3.8) is 0 Å². The Morgan fingerprint density at radius 1 is 1.00 bits per heavy atom. The second-order valence-corrected chi connectivity index (χ2v) is 9.12. The number of nitrogens with one attached hydrogen (secondary N) is 2. The summed E-state index contributed by atoms with van der Waals surface area (Å²) in [4.78, 5) is 21.2. The Morgan fingerprint density at radius 2 is 1.84 bits per heavy atom. The van der Waals surface area contributed by atoms with Crippen molar-refractivity contribution in [1.29, 1.82) is 0 Å². The van der Waals surface area contributed by atoms with Crippen LogP contribution in [0.15, 0.2) is 60.8 Å². The third kappa shape index (κ3) is 3.81. The second kappa shape index (κ2) is 8.27. The first-order valence-electron chi connectivity index (χ1n) is 11.4. The molecule has 4 nitrogen and oxygen atoms in total. The topological polar surface area (TPSA) is 57.8 Å². The third-order valence-corrected chi connectivity index (χ3v) is 6.85. The Bertz CT molecular complexity index is 1300. The summed E-state index contributed by atoms with van der Waals surface area (Å²) >= 11 is 0. The molecule has 2 N–H and O–H groups in total. The highest BCUT2D eigenvalue weighted by molar-refractivity contribution is 5.94. The first kappa shape index (κ1) is 20.5. The standard InChI is InChI=1S/C28H29N3O/c1-17-7-4-5-8-22(17)20-11-12-25(18(2)13-20)31-28(32)24-10-6-9-23(24)27-15-21-16-29-19(3)14-26(21)30-27/h4-5,7-8,11-16,23-24,30H,6,9-10H2,1-3H3,(H,31,32). The zero-order valence-corrected chi connectivity index (χ0v) is 18.9. The van der Waals surface area contributed by atoms with Crippen LogP contribution in [0.4, 0.5) is 5.69 Å². The summed E-state index contributed by atoms with van der Waals surface area (Å²) in [6.07, 6.45) is 4.93. The molecule has 2 aromatic carbocycles. The molecular formula is C28H29N3O. The molecule has 0 saturated heterocycles. The Morgan fingerprint density at radius 3 is 2.66 bits per heavy atom. The lowest BCUT2D eigenvalue weighted by Crippen LogP contribution is -2.25. The number of aromatic amines is 1. The maximum atomic E-state index is 13.3. The summed E-state index contributed by atoms with van der Waals surface area (Å²) in [6, 6.07) is 18.9. The van der Waals surface area contributed by atoms with Crippen molar-refractivity contribution >= 4 is 22.5 Å². The number of benzene rings is 2. The number of carbonyl (C=O) groups excluding carboxylic acids is 1. The fraction of sp³-hybridized carbons (Fsp3) is 0.286. The van der Waals surface area contributed by atoms with Crippen molar-refractivity contribution in [3.8, 4) is 11.1 Å². The number of fused-ring (bicyclic) bond motifs is 1. The van der Waals surface area contributed by atoms with E-state index < -0.39 is 0 Å². The Kier molecular flexibility index (Phi) is 5.30.